The van der Waals surface area contributed by atoms with Crippen LogP contribution < -0.4 is 10.6 Å². The molecule has 0 aromatic heterocycles. The van der Waals surface area contributed by atoms with Crippen molar-refractivity contribution in [3.63, 3.8) is 0 Å². The number of hydrogen-bond acceptors (Lipinski definition) is 4. The number of benzene rings is 1. The van der Waals surface area contributed by atoms with Crippen molar-refractivity contribution in [2.45, 2.75) is 31.3 Å². The molecule has 1 amide bonds. The van der Waals surface area contributed by atoms with Crippen LogP contribution in [-0.2, 0) is 16.0 Å². The lowest BCUT2D eigenvalue weighted by Gasteiger charge is -2.15. The minimum atomic E-state index is -0.653. The van der Waals surface area contributed by atoms with Crippen molar-refractivity contribution < 1.29 is 14.7 Å². The minimum Gasteiger partial charge on any atom is -0.508 e. The van der Waals surface area contributed by atoms with E-state index in [1.807, 2.05) is 6.29 Å². The van der Waals surface area contributed by atoms with E-state index in [0.717, 1.165) is 24.9 Å². The molecule has 1 aliphatic heterocycles. The molecule has 5 heteroatoms. The molecule has 0 aliphatic carbocycles. The van der Waals surface area contributed by atoms with Crippen molar-refractivity contribution in [1.82, 2.24) is 10.6 Å². The number of amides is 1. The van der Waals surface area contributed by atoms with Crippen molar-refractivity contribution in [3.05, 3.63) is 29.8 Å². The molecule has 0 saturated carbocycles. The Labute approximate surface area is 112 Å². The zero-order chi connectivity index (χ0) is 13.7. The fourth-order valence-electron chi connectivity index (χ4n) is 2.17. The number of phenols is 1. The average Bonchev–Trinajstić information content (AvgIpc) is 2.94. The van der Waals surface area contributed by atoms with E-state index in [-0.39, 0.29) is 17.7 Å². The number of nitrogens with one attached hydrogen (secondary N) is 2. The Morgan fingerprint density at radius 1 is 1.47 bits per heavy atom. The highest BCUT2D eigenvalue weighted by Gasteiger charge is 2.24. The number of aromatic hydroxyl groups is 1. The first kappa shape index (κ1) is 13.5. The molecule has 1 fully saturated rings. The molecule has 2 unspecified atom stereocenters. The molecule has 1 aliphatic rings. The van der Waals surface area contributed by atoms with Gasteiger partial charge in [-0.25, -0.2) is 0 Å². The van der Waals surface area contributed by atoms with E-state index in [1.54, 1.807) is 24.3 Å². The van der Waals surface area contributed by atoms with Crippen LogP contribution in [0.5, 0.6) is 5.75 Å². The summed E-state index contributed by atoms with van der Waals surface area (Å²) in [7, 11) is 0. The summed E-state index contributed by atoms with van der Waals surface area (Å²) in [6.45, 7) is 0.839. The normalized spacial score (nSPS) is 19.9. The maximum atomic E-state index is 11.9. The van der Waals surface area contributed by atoms with E-state index in [4.69, 9.17) is 0 Å². The van der Waals surface area contributed by atoms with Crippen molar-refractivity contribution in [1.29, 1.82) is 0 Å². The maximum Gasteiger partial charge on any atom is 0.237 e. The molecule has 3 N–H and O–H groups in total. The van der Waals surface area contributed by atoms with E-state index in [2.05, 4.69) is 10.6 Å². The first-order valence-electron chi connectivity index (χ1n) is 6.38. The number of carbonyl (C=O) groups is 1. The topological polar surface area (TPSA) is 78.4 Å². The van der Waals surface area contributed by atoms with E-state index in [9.17, 15) is 14.7 Å². The molecule has 1 heterocycles. The quantitative estimate of drug-likeness (QED) is 0.711. The summed E-state index contributed by atoms with van der Waals surface area (Å²) in [6, 6.07) is 5.70. The Bertz CT molecular complexity index is 439. The highest BCUT2D eigenvalue weighted by atomic mass is 16.3. The van der Waals surface area contributed by atoms with Gasteiger partial charge in [0.1, 0.15) is 5.75 Å². The predicted molar refractivity (Wildman–Crippen MR) is 70.5 cm³/mol. The van der Waals surface area contributed by atoms with Gasteiger partial charge in [0.15, 0.2) is 0 Å². The molecular formula is C14H17N2O3. The average molecular weight is 261 g/mol. The summed E-state index contributed by atoms with van der Waals surface area (Å²) in [5, 5.41) is 14.9. The van der Waals surface area contributed by atoms with Crippen LogP contribution in [0.4, 0.5) is 0 Å². The van der Waals surface area contributed by atoms with Gasteiger partial charge in [-0.15, -0.1) is 0 Å². The van der Waals surface area contributed by atoms with Crippen molar-refractivity contribution in [3.8, 4) is 5.75 Å². The Hall–Kier alpha value is -1.88. The van der Waals surface area contributed by atoms with E-state index >= 15 is 0 Å². The molecule has 101 valence electrons. The minimum absolute atomic E-state index is 0.148. The van der Waals surface area contributed by atoms with Gasteiger partial charge in [-0.3, -0.25) is 9.59 Å². The Morgan fingerprint density at radius 2 is 2.21 bits per heavy atom. The van der Waals surface area contributed by atoms with Crippen LogP contribution in [0.15, 0.2) is 24.3 Å². The first-order valence-corrected chi connectivity index (χ1v) is 6.38. The van der Waals surface area contributed by atoms with Gasteiger partial charge in [-0.05, 0) is 37.1 Å². The lowest BCUT2D eigenvalue weighted by Crippen LogP contribution is -2.46. The zero-order valence-electron chi connectivity index (χ0n) is 10.6. The van der Waals surface area contributed by atoms with Crippen LogP contribution in [0.1, 0.15) is 18.4 Å². The van der Waals surface area contributed by atoms with Gasteiger partial charge >= 0.3 is 0 Å². The number of carbonyl (C=O) groups excluding carboxylic acids is 2. The molecule has 2 atom stereocenters. The summed E-state index contributed by atoms with van der Waals surface area (Å²) in [5.74, 6) is 0.0270. The molecule has 1 aromatic rings. The predicted octanol–water partition coefficient (Wildman–Crippen LogP) is 0.281. The number of rotatable bonds is 5. The molecule has 1 saturated heterocycles. The molecule has 2 rings (SSSR count). The third-order valence-corrected chi connectivity index (χ3v) is 3.21. The Kier molecular flexibility index (Phi) is 4.52. The first-order chi connectivity index (χ1) is 9.19. The lowest BCUT2D eigenvalue weighted by molar-refractivity contribution is -0.123. The second-order valence-corrected chi connectivity index (χ2v) is 4.70. The molecule has 0 bridgehead atoms. The van der Waals surface area contributed by atoms with Crippen LogP contribution in [-0.4, -0.2) is 35.9 Å². The van der Waals surface area contributed by atoms with Crippen LogP contribution in [0.2, 0.25) is 0 Å². The monoisotopic (exact) mass is 261 g/mol. The summed E-state index contributed by atoms with van der Waals surface area (Å²) in [4.78, 5) is 22.8. The van der Waals surface area contributed by atoms with Gasteiger partial charge in [-0.1, -0.05) is 12.1 Å². The summed E-state index contributed by atoms with van der Waals surface area (Å²) < 4.78 is 0. The van der Waals surface area contributed by atoms with Crippen molar-refractivity contribution in [2.75, 3.05) is 6.54 Å². The highest BCUT2D eigenvalue weighted by molar-refractivity contribution is 5.84. The van der Waals surface area contributed by atoms with Crippen LogP contribution in [0, 0.1) is 0 Å². The standard InChI is InChI=1S/C14H17N2O3/c17-9-11(8-10-3-5-12(18)6-4-10)16-14(19)13-2-1-7-15-13/h3-6,11,13,15,18H,1-2,7-8H2,(H,16,19). The van der Waals surface area contributed by atoms with E-state index in [1.165, 1.54) is 0 Å². The lowest BCUT2D eigenvalue weighted by atomic mass is 10.1. The maximum absolute atomic E-state index is 11.9. The van der Waals surface area contributed by atoms with Crippen LogP contribution in [0.25, 0.3) is 0 Å². The van der Waals surface area contributed by atoms with Crippen molar-refractivity contribution in [2.24, 2.45) is 0 Å². The van der Waals surface area contributed by atoms with Crippen LogP contribution in [0.3, 0.4) is 0 Å². The third kappa shape index (κ3) is 3.79. The number of phenolic OH excluding ortho intramolecular Hbond substituents is 1. The van der Waals surface area contributed by atoms with Crippen molar-refractivity contribution >= 4 is 12.2 Å². The highest BCUT2D eigenvalue weighted by Crippen LogP contribution is 2.11. The molecule has 1 radical (unpaired) electrons. The summed E-state index contributed by atoms with van der Waals surface area (Å²) in [5.41, 5.74) is 0.867. The van der Waals surface area contributed by atoms with E-state index < -0.39 is 6.04 Å². The van der Waals surface area contributed by atoms with E-state index in [0.29, 0.717) is 6.42 Å². The van der Waals surface area contributed by atoms with Gasteiger partial charge in [0.25, 0.3) is 0 Å². The number of hydrogen-bond donors (Lipinski definition) is 3. The smallest absolute Gasteiger partial charge is 0.237 e. The Morgan fingerprint density at radius 3 is 2.79 bits per heavy atom. The van der Waals surface area contributed by atoms with Gasteiger partial charge < -0.3 is 15.7 Å². The zero-order valence-corrected chi connectivity index (χ0v) is 10.6. The molecule has 1 aromatic carbocycles. The summed E-state index contributed by atoms with van der Waals surface area (Å²) >= 11 is 0. The summed E-state index contributed by atoms with van der Waals surface area (Å²) in [6.07, 6.45) is 4.00. The molecular weight excluding hydrogens is 244 g/mol. The van der Waals surface area contributed by atoms with Gasteiger partial charge in [0.05, 0.1) is 12.1 Å². The van der Waals surface area contributed by atoms with Crippen LogP contribution >= 0.6 is 0 Å². The third-order valence-electron chi connectivity index (χ3n) is 3.21. The second kappa shape index (κ2) is 6.33. The largest absolute Gasteiger partial charge is 0.508 e. The Balaban J connectivity index is 1.90. The molecule has 5 nitrogen and oxygen atoms in total. The second-order valence-electron chi connectivity index (χ2n) is 4.70. The fraction of sp³-hybridized carbons (Fsp3) is 0.429. The van der Waals surface area contributed by atoms with Gasteiger partial charge in [-0.2, -0.15) is 0 Å². The SMILES string of the molecule is O=[C]C(Cc1ccc(O)cc1)NC(=O)C1CCCN1. The molecule has 19 heavy (non-hydrogen) atoms. The fourth-order valence-corrected chi connectivity index (χ4v) is 2.17. The van der Waals surface area contributed by atoms with Gasteiger partial charge in [0, 0.05) is 6.42 Å². The molecule has 0 spiro atoms. The van der Waals surface area contributed by atoms with Gasteiger partial charge in [0.2, 0.25) is 12.2 Å².